The zero-order valence-corrected chi connectivity index (χ0v) is 9.42. The van der Waals surface area contributed by atoms with Crippen LogP contribution in [0.2, 0.25) is 5.15 Å². The molecule has 0 aliphatic carbocycles. The average molecular weight is 217 g/mol. The van der Waals surface area contributed by atoms with E-state index in [0.717, 1.165) is 0 Å². The molecule has 0 amide bonds. The second kappa shape index (κ2) is 4.00. The van der Waals surface area contributed by atoms with Gasteiger partial charge in [0.15, 0.2) is 5.15 Å². The number of hydrogen-bond acceptors (Lipinski definition) is 4. The fraction of sp³-hybridized carbons (Fsp3) is 0.556. The predicted molar refractivity (Wildman–Crippen MR) is 54.0 cm³/mol. The van der Waals surface area contributed by atoms with E-state index in [1.54, 1.807) is 0 Å². The normalized spacial score (nSPS) is 11.2. The Kier molecular flexibility index (Phi) is 3.16. The molecule has 0 bridgehead atoms. The zero-order chi connectivity index (χ0) is 10.8. The van der Waals surface area contributed by atoms with Gasteiger partial charge in [-0.2, -0.15) is 4.98 Å². The van der Waals surface area contributed by atoms with Crippen molar-refractivity contribution < 1.29 is 9.47 Å². The van der Waals surface area contributed by atoms with Crippen molar-refractivity contribution in [2.45, 2.75) is 26.4 Å². The van der Waals surface area contributed by atoms with Gasteiger partial charge < -0.3 is 9.47 Å². The second-order valence-electron chi connectivity index (χ2n) is 3.72. The third-order valence-corrected chi connectivity index (χ3v) is 1.60. The summed E-state index contributed by atoms with van der Waals surface area (Å²) in [6.45, 7) is 5.76. The molecule has 0 radical (unpaired) electrons. The highest BCUT2D eigenvalue weighted by Crippen LogP contribution is 2.32. The lowest BCUT2D eigenvalue weighted by atomic mass is 10.2. The number of ether oxygens (including phenoxy) is 2. The van der Waals surface area contributed by atoms with Crippen molar-refractivity contribution in [2.75, 3.05) is 7.11 Å². The molecule has 0 spiro atoms. The van der Waals surface area contributed by atoms with Gasteiger partial charge in [0, 0.05) is 0 Å². The van der Waals surface area contributed by atoms with Crippen molar-refractivity contribution in [3.05, 3.63) is 11.5 Å². The van der Waals surface area contributed by atoms with Crippen molar-refractivity contribution in [1.82, 2.24) is 9.97 Å². The van der Waals surface area contributed by atoms with Gasteiger partial charge in [0.05, 0.1) is 7.11 Å². The van der Waals surface area contributed by atoms with E-state index in [9.17, 15) is 0 Å². The minimum atomic E-state index is -0.342. The molecular formula is C9H13ClN2O2. The number of methoxy groups -OCH3 is 1. The standard InChI is InChI=1S/C9H13ClN2O2/c1-9(2,3)14-8-6(13-4)7(10)11-5-12-8/h5H,1-4H3. The van der Waals surface area contributed by atoms with Crippen molar-refractivity contribution in [3.8, 4) is 11.6 Å². The Morgan fingerprint density at radius 3 is 2.43 bits per heavy atom. The van der Waals surface area contributed by atoms with Crippen molar-refractivity contribution in [3.63, 3.8) is 0 Å². The molecule has 1 aromatic heterocycles. The Labute approximate surface area is 88.2 Å². The van der Waals surface area contributed by atoms with Crippen LogP contribution >= 0.6 is 11.6 Å². The molecule has 1 heterocycles. The van der Waals surface area contributed by atoms with Gasteiger partial charge in [-0.05, 0) is 20.8 Å². The van der Waals surface area contributed by atoms with E-state index in [1.807, 2.05) is 20.8 Å². The monoisotopic (exact) mass is 216 g/mol. The molecule has 1 aromatic rings. The Balaban J connectivity index is 3.02. The fourth-order valence-corrected chi connectivity index (χ4v) is 1.07. The van der Waals surface area contributed by atoms with E-state index in [0.29, 0.717) is 11.6 Å². The third-order valence-electron chi connectivity index (χ3n) is 1.33. The fourth-order valence-electron chi connectivity index (χ4n) is 0.872. The molecule has 0 N–H and O–H groups in total. The topological polar surface area (TPSA) is 44.2 Å². The number of nitrogens with zero attached hydrogens (tertiary/aromatic N) is 2. The van der Waals surface area contributed by atoms with Gasteiger partial charge in [-0.1, -0.05) is 11.6 Å². The van der Waals surface area contributed by atoms with Crippen LogP contribution < -0.4 is 9.47 Å². The van der Waals surface area contributed by atoms with Crippen LogP contribution in [-0.4, -0.2) is 22.7 Å². The lowest BCUT2D eigenvalue weighted by molar-refractivity contribution is 0.118. The first-order valence-electron chi connectivity index (χ1n) is 4.17. The smallest absolute Gasteiger partial charge is 0.262 e. The van der Waals surface area contributed by atoms with E-state index in [4.69, 9.17) is 21.1 Å². The molecule has 4 nitrogen and oxygen atoms in total. The summed E-state index contributed by atoms with van der Waals surface area (Å²) in [6.07, 6.45) is 1.34. The molecule has 5 heteroatoms. The molecule has 0 aliphatic heterocycles. The highest BCUT2D eigenvalue weighted by atomic mass is 35.5. The molecule has 0 aromatic carbocycles. The molecule has 1 rings (SSSR count). The lowest BCUT2D eigenvalue weighted by Gasteiger charge is -2.21. The highest BCUT2D eigenvalue weighted by molar-refractivity contribution is 6.31. The second-order valence-corrected chi connectivity index (χ2v) is 4.08. The SMILES string of the molecule is COc1c(Cl)ncnc1OC(C)(C)C. The average Bonchev–Trinajstić information content (AvgIpc) is 2.01. The zero-order valence-electron chi connectivity index (χ0n) is 8.67. The van der Waals surface area contributed by atoms with Crippen LogP contribution in [0.25, 0.3) is 0 Å². The summed E-state index contributed by atoms with van der Waals surface area (Å²) in [6, 6.07) is 0. The van der Waals surface area contributed by atoms with Gasteiger partial charge in [-0.3, -0.25) is 0 Å². The molecule has 0 unspecified atom stereocenters. The van der Waals surface area contributed by atoms with E-state index >= 15 is 0 Å². The summed E-state index contributed by atoms with van der Waals surface area (Å²) < 4.78 is 10.6. The number of halogens is 1. The largest absolute Gasteiger partial charge is 0.489 e. The summed E-state index contributed by atoms with van der Waals surface area (Å²) in [5, 5.41) is 0.252. The number of hydrogen-bond donors (Lipinski definition) is 0. The third kappa shape index (κ3) is 2.73. The first-order valence-corrected chi connectivity index (χ1v) is 4.55. The molecule has 0 saturated carbocycles. The van der Waals surface area contributed by atoms with E-state index in [2.05, 4.69) is 9.97 Å². The van der Waals surface area contributed by atoms with Crippen LogP contribution in [0.3, 0.4) is 0 Å². The van der Waals surface area contributed by atoms with Crippen LogP contribution in [0.5, 0.6) is 11.6 Å². The van der Waals surface area contributed by atoms with E-state index < -0.39 is 0 Å². The summed E-state index contributed by atoms with van der Waals surface area (Å²) >= 11 is 5.80. The molecule has 78 valence electrons. The lowest BCUT2D eigenvalue weighted by Crippen LogP contribution is -2.24. The number of aromatic nitrogens is 2. The summed E-state index contributed by atoms with van der Waals surface area (Å²) in [7, 11) is 1.50. The summed E-state index contributed by atoms with van der Waals surface area (Å²) in [5.41, 5.74) is -0.342. The molecule has 0 aliphatic rings. The predicted octanol–water partition coefficient (Wildman–Crippen LogP) is 2.32. The quantitative estimate of drug-likeness (QED) is 0.712. The Morgan fingerprint density at radius 1 is 1.29 bits per heavy atom. The Hall–Kier alpha value is -1.03. The maximum atomic E-state index is 5.80. The van der Waals surface area contributed by atoms with E-state index in [1.165, 1.54) is 13.4 Å². The number of rotatable bonds is 2. The highest BCUT2D eigenvalue weighted by Gasteiger charge is 2.18. The summed E-state index contributed by atoms with van der Waals surface area (Å²) in [4.78, 5) is 7.74. The van der Waals surface area contributed by atoms with Crippen molar-refractivity contribution in [2.24, 2.45) is 0 Å². The Bertz CT molecular complexity index is 323. The van der Waals surface area contributed by atoms with Gasteiger partial charge in [0.2, 0.25) is 5.75 Å². The van der Waals surface area contributed by atoms with Gasteiger partial charge >= 0.3 is 0 Å². The van der Waals surface area contributed by atoms with Crippen LogP contribution in [0.1, 0.15) is 20.8 Å². The molecule has 14 heavy (non-hydrogen) atoms. The molecule has 0 fully saturated rings. The van der Waals surface area contributed by atoms with Crippen LogP contribution in [0, 0.1) is 0 Å². The minimum absolute atomic E-state index is 0.252. The summed E-state index contributed by atoms with van der Waals surface area (Å²) in [5.74, 6) is 0.726. The first kappa shape index (κ1) is 11.0. The Morgan fingerprint density at radius 2 is 1.93 bits per heavy atom. The van der Waals surface area contributed by atoms with Gasteiger partial charge in [-0.15, -0.1) is 0 Å². The minimum Gasteiger partial charge on any atom is -0.489 e. The van der Waals surface area contributed by atoms with Gasteiger partial charge in [0.1, 0.15) is 11.9 Å². The van der Waals surface area contributed by atoms with E-state index in [-0.39, 0.29) is 10.8 Å². The van der Waals surface area contributed by atoms with Crippen LogP contribution in [-0.2, 0) is 0 Å². The molecule has 0 atom stereocenters. The van der Waals surface area contributed by atoms with Gasteiger partial charge in [0.25, 0.3) is 5.88 Å². The maximum absolute atomic E-state index is 5.80. The first-order chi connectivity index (χ1) is 6.44. The van der Waals surface area contributed by atoms with Crippen molar-refractivity contribution >= 4 is 11.6 Å². The van der Waals surface area contributed by atoms with Gasteiger partial charge in [-0.25, -0.2) is 4.98 Å². The molecule has 0 saturated heterocycles. The van der Waals surface area contributed by atoms with Crippen molar-refractivity contribution in [1.29, 1.82) is 0 Å². The van der Waals surface area contributed by atoms with Crippen LogP contribution in [0.4, 0.5) is 0 Å². The maximum Gasteiger partial charge on any atom is 0.262 e. The molecular weight excluding hydrogens is 204 g/mol. The van der Waals surface area contributed by atoms with Crippen LogP contribution in [0.15, 0.2) is 6.33 Å².